The summed E-state index contributed by atoms with van der Waals surface area (Å²) in [4.78, 5) is 16.2. The fraction of sp³-hybridized carbons (Fsp3) is 0.421. The molecular formula is C19H22F3N3O4S2. The summed E-state index contributed by atoms with van der Waals surface area (Å²) < 4.78 is 66.7. The van der Waals surface area contributed by atoms with Crippen molar-refractivity contribution in [3.05, 3.63) is 47.3 Å². The second-order valence-electron chi connectivity index (χ2n) is 7.04. The maximum Gasteiger partial charge on any atom is 0.573 e. The number of likely N-dealkylation sites (N-methyl/N-ethyl adjacent to an activating group) is 1. The molecule has 0 aliphatic carbocycles. The Morgan fingerprint density at radius 1 is 1.13 bits per heavy atom. The average molecular weight is 478 g/mol. The number of benzene rings is 1. The Hall–Kier alpha value is -2.15. The first-order chi connectivity index (χ1) is 14.5. The number of hydrogen-bond donors (Lipinski definition) is 0. The predicted molar refractivity (Wildman–Crippen MR) is 109 cm³/mol. The standard InChI is InChI=1S/C19H22F3N3O4S2/c1-23(31(27,28)18-3-2-12-30-18)14-17(26)25-10-8-24(9-11-25)13-15-4-6-16(7-5-15)29-19(20,21)22/h2-7,12H,8-11,13-14H2,1H3. The number of rotatable bonds is 7. The van der Waals surface area contributed by atoms with Gasteiger partial charge in [-0.15, -0.1) is 24.5 Å². The number of halogens is 3. The van der Waals surface area contributed by atoms with E-state index in [0.717, 1.165) is 21.2 Å². The van der Waals surface area contributed by atoms with Gasteiger partial charge in [0.05, 0.1) is 6.54 Å². The van der Waals surface area contributed by atoms with Crippen LogP contribution in [0.1, 0.15) is 5.56 Å². The van der Waals surface area contributed by atoms with E-state index >= 15 is 0 Å². The van der Waals surface area contributed by atoms with Crippen LogP contribution >= 0.6 is 11.3 Å². The Balaban J connectivity index is 1.47. The van der Waals surface area contributed by atoms with Crippen LogP contribution in [0.3, 0.4) is 0 Å². The summed E-state index contributed by atoms with van der Waals surface area (Å²) in [7, 11) is -2.30. The first kappa shape index (κ1) is 23.5. The van der Waals surface area contributed by atoms with Crippen molar-refractivity contribution in [2.24, 2.45) is 0 Å². The lowest BCUT2D eigenvalue weighted by atomic mass is 10.2. The Bertz CT molecular complexity index is 972. The minimum atomic E-state index is -4.72. The number of thiophene rings is 1. The number of carbonyl (C=O) groups excluding carboxylic acids is 1. The van der Waals surface area contributed by atoms with Gasteiger partial charge in [0.2, 0.25) is 5.91 Å². The van der Waals surface area contributed by atoms with Crippen molar-refractivity contribution in [3.8, 4) is 5.75 Å². The summed E-state index contributed by atoms with van der Waals surface area (Å²) in [6.07, 6.45) is -4.72. The van der Waals surface area contributed by atoms with Gasteiger partial charge < -0.3 is 9.64 Å². The van der Waals surface area contributed by atoms with Crippen molar-refractivity contribution in [2.75, 3.05) is 39.8 Å². The van der Waals surface area contributed by atoms with Crippen molar-refractivity contribution >= 4 is 27.3 Å². The van der Waals surface area contributed by atoms with E-state index in [-0.39, 0.29) is 22.4 Å². The molecule has 1 aromatic carbocycles. The summed E-state index contributed by atoms with van der Waals surface area (Å²) in [5, 5.41) is 1.67. The van der Waals surface area contributed by atoms with Gasteiger partial charge in [-0.3, -0.25) is 9.69 Å². The van der Waals surface area contributed by atoms with Crippen molar-refractivity contribution < 1.29 is 31.1 Å². The minimum Gasteiger partial charge on any atom is -0.406 e. The van der Waals surface area contributed by atoms with Crippen molar-refractivity contribution in [1.82, 2.24) is 14.1 Å². The van der Waals surface area contributed by atoms with Gasteiger partial charge in [0.25, 0.3) is 10.0 Å². The van der Waals surface area contributed by atoms with Crippen LogP contribution in [0.15, 0.2) is 46.0 Å². The number of piperazine rings is 1. The summed E-state index contributed by atoms with van der Waals surface area (Å²) in [5.41, 5.74) is 0.830. The highest BCUT2D eigenvalue weighted by Crippen LogP contribution is 2.23. The van der Waals surface area contributed by atoms with Gasteiger partial charge in [-0.05, 0) is 29.1 Å². The van der Waals surface area contributed by atoms with Crippen LogP contribution in [0.4, 0.5) is 13.2 Å². The molecule has 0 atom stereocenters. The fourth-order valence-corrected chi connectivity index (χ4v) is 5.47. The van der Waals surface area contributed by atoms with Gasteiger partial charge in [-0.1, -0.05) is 18.2 Å². The molecule has 1 amide bonds. The average Bonchev–Trinajstić information content (AvgIpc) is 3.24. The summed E-state index contributed by atoms with van der Waals surface area (Å²) in [5.74, 6) is -0.538. The third-order valence-corrected chi connectivity index (χ3v) is 7.98. The van der Waals surface area contributed by atoms with E-state index in [9.17, 15) is 26.4 Å². The van der Waals surface area contributed by atoms with E-state index in [0.29, 0.717) is 32.7 Å². The molecule has 1 aromatic heterocycles. The third-order valence-electron chi connectivity index (χ3n) is 4.81. The Morgan fingerprint density at radius 3 is 2.32 bits per heavy atom. The normalized spacial score (nSPS) is 16.0. The Labute approximate surface area is 182 Å². The number of ether oxygens (including phenoxy) is 1. The van der Waals surface area contributed by atoms with Gasteiger partial charge in [-0.2, -0.15) is 4.31 Å². The number of amides is 1. The highest BCUT2D eigenvalue weighted by Gasteiger charge is 2.31. The van der Waals surface area contributed by atoms with Crippen LogP contribution < -0.4 is 4.74 Å². The fourth-order valence-electron chi connectivity index (χ4n) is 3.15. The molecule has 0 saturated carbocycles. The molecule has 0 unspecified atom stereocenters. The van der Waals surface area contributed by atoms with E-state index in [1.165, 1.54) is 25.2 Å². The smallest absolute Gasteiger partial charge is 0.406 e. The first-order valence-corrected chi connectivity index (χ1v) is 11.7. The van der Waals surface area contributed by atoms with Gasteiger partial charge in [0, 0.05) is 39.8 Å². The molecule has 0 radical (unpaired) electrons. The van der Waals surface area contributed by atoms with Crippen LogP contribution in [0.5, 0.6) is 5.75 Å². The second kappa shape index (κ2) is 9.55. The maximum absolute atomic E-state index is 12.5. The van der Waals surface area contributed by atoms with Crippen molar-refractivity contribution in [1.29, 1.82) is 0 Å². The van der Waals surface area contributed by atoms with Crippen LogP contribution in [0, 0.1) is 0 Å². The molecule has 0 bridgehead atoms. The zero-order valence-corrected chi connectivity index (χ0v) is 18.3. The largest absolute Gasteiger partial charge is 0.573 e. The molecule has 0 N–H and O–H groups in total. The maximum atomic E-state index is 12.5. The van der Waals surface area contributed by atoms with E-state index in [2.05, 4.69) is 9.64 Å². The summed E-state index contributed by atoms with van der Waals surface area (Å²) in [6, 6.07) is 8.83. The molecule has 170 valence electrons. The predicted octanol–water partition coefficient (Wildman–Crippen LogP) is 2.61. The van der Waals surface area contributed by atoms with Crippen LogP contribution in [-0.2, 0) is 21.4 Å². The highest BCUT2D eigenvalue weighted by molar-refractivity contribution is 7.91. The van der Waals surface area contributed by atoms with E-state index in [1.807, 2.05) is 0 Å². The van der Waals surface area contributed by atoms with Crippen LogP contribution in [0.2, 0.25) is 0 Å². The lowest BCUT2D eigenvalue weighted by molar-refractivity contribution is -0.274. The second-order valence-corrected chi connectivity index (χ2v) is 10.3. The first-order valence-electron chi connectivity index (χ1n) is 9.39. The molecule has 31 heavy (non-hydrogen) atoms. The van der Waals surface area contributed by atoms with E-state index in [1.54, 1.807) is 28.5 Å². The molecule has 1 fully saturated rings. The molecule has 7 nitrogen and oxygen atoms in total. The van der Waals surface area contributed by atoms with Crippen LogP contribution in [-0.4, -0.2) is 74.6 Å². The lowest BCUT2D eigenvalue weighted by Crippen LogP contribution is -2.51. The lowest BCUT2D eigenvalue weighted by Gasteiger charge is -2.35. The van der Waals surface area contributed by atoms with Crippen LogP contribution in [0.25, 0.3) is 0 Å². The quantitative estimate of drug-likeness (QED) is 0.613. The molecule has 1 aliphatic heterocycles. The van der Waals surface area contributed by atoms with Gasteiger partial charge in [-0.25, -0.2) is 8.42 Å². The number of sulfonamides is 1. The Morgan fingerprint density at radius 2 is 1.77 bits per heavy atom. The molecule has 2 aromatic rings. The van der Waals surface area contributed by atoms with Gasteiger partial charge in [0.1, 0.15) is 9.96 Å². The van der Waals surface area contributed by atoms with Gasteiger partial charge in [0.15, 0.2) is 0 Å². The monoisotopic (exact) mass is 477 g/mol. The van der Waals surface area contributed by atoms with E-state index < -0.39 is 16.4 Å². The zero-order valence-electron chi connectivity index (χ0n) is 16.7. The Kier molecular flexibility index (Phi) is 7.24. The summed E-state index contributed by atoms with van der Waals surface area (Å²) >= 11 is 1.10. The highest BCUT2D eigenvalue weighted by atomic mass is 32.2. The molecule has 1 aliphatic rings. The molecule has 12 heteroatoms. The SMILES string of the molecule is CN(CC(=O)N1CCN(Cc2ccc(OC(F)(F)F)cc2)CC1)S(=O)(=O)c1cccs1. The van der Waals surface area contributed by atoms with Gasteiger partial charge >= 0.3 is 6.36 Å². The topological polar surface area (TPSA) is 70.2 Å². The van der Waals surface area contributed by atoms with E-state index in [4.69, 9.17) is 0 Å². The number of alkyl halides is 3. The molecule has 3 rings (SSSR count). The molecular weight excluding hydrogens is 455 g/mol. The number of hydrogen-bond acceptors (Lipinski definition) is 6. The van der Waals surface area contributed by atoms with Crippen molar-refractivity contribution in [3.63, 3.8) is 0 Å². The number of carbonyl (C=O) groups is 1. The zero-order chi connectivity index (χ0) is 22.6. The minimum absolute atomic E-state index is 0.194. The van der Waals surface area contributed by atoms with Crippen molar-refractivity contribution in [2.45, 2.75) is 17.1 Å². The molecule has 1 saturated heterocycles. The molecule has 2 heterocycles. The summed E-state index contributed by atoms with van der Waals surface area (Å²) in [6.45, 7) is 2.34. The molecule has 0 spiro atoms. The number of nitrogens with zero attached hydrogens (tertiary/aromatic N) is 3. The third kappa shape index (κ3) is 6.42.